The molecule has 4 heteroatoms. The Morgan fingerprint density at radius 3 is 2.21 bits per heavy atom. The lowest BCUT2D eigenvalue weighted by Crippen LogP contribution is -2.31. The number of nitrogens with one attached hydrogen (secondary N) is 1. The molecule has 3 nitrogen and oxygen atoms in total. The first-order valence-electron chi connectivity index (χ1n) is 6.57. The van der Waals surface area contributed by atoms with Crippen molar-refractivity contribution in [1.82, 2.24) is 5.32 Å². The predicted octanol–water partition coefficient (Wildman–Crippen LogP) is 3.32. The predicted molar refractivity (Wildman–Crippen MR) is 75.3 cm³/mol. The van der Waals surface area contributed by atoms with Crippen molar-refractivity contribution in [3.8, 4) is 0 Å². The van der Waals surface area contributed by atoms with Crippen LogP contribution < -0.4 is 5.32 Å². The molecule has 0 aliphatic carbocycles. The molecule has 19 heavy (non-hydrogen) atoms. The first-order chi connectivity index (χ1) is 8.72. The zero-order chi connectivity index (χ0) is 15.0. The molecule has 0 aliphatic heterocycles. The van der Waals surface area contributed by atoms with Crippen LogP contribution >= 0.6 is 0 Å². The molecule has 0 aromatic heterocycles. The second kappa shape index (κ2) is 8.62. The summed E-state index contributed by atoms with van der Waals surface area (Å²) in [4.78, 5) is 22.7. The molecule has 0 saturated heterocycles. The molecule has 0 rings (SSSR count). The minimum Gasteiger partial charge on any atom is -0.350 e. The van der Waals surface area contributed by atoms with Crippen molar-refractivity contribution < 1.29 is 14.0 Å². The van der Waals surface area contributed by atoms with Crippen LogP contribution in [0.5, 0.6) is 0 Å². The second-order valence-corrected chi connectivity index (χ2v) is 5.32. The van der Waals surface area contributed by atoms with E-state index >= 15 is 0 Å². The molecule has 1 atom stereocenters. The second-order valence-electron chi connectivity index (χ2n) is 5.32. The van der Waals surface area contributed by atoms with Gasteiger partial charge in [-0.2, -0.15) is 0 Å². The lowest BCUT2D eigenvalue weighted by molar-refractivity contribution is -0.118. The Hall–Kier alpha value is -1.45. The summed E-state index contributed by atoms with van der Waals surface area (Å²) in [5.41, 5.74) is 0.915. The number of carbonyl (C=O) groups is 2. The smallest absolute Gasteiger partial charge is 0.244 e. The molecule has 0 aromatic rings. The highest BCUT2D eigenvalue weighted by Crippen LogP contribution is 2.11. The van der Waals surface area contributed by atoms with Crippen LogP contribution in [0.15, 0.2) is 23.6 Å². The van der Waals surface area contributed by atoms with E-state index in [1.165, 1.54) is 6.08 Å². The molecular weight excluding hydrogens is 245 g/mol. The van der Waals surface area contributed by atoms with Crippen molar-refractivity contribution in [3.63, 3.8) is 0 Å². The van der Waals surface area contributed by atoms with Gasteiger partial charge >= 0.3 is 0 Å². The van der Waals surface area contributed by atoms with E-state index in [0.717, 1.165) is 11.6 Å². The van der Waals surface area contributed by atoms with Gasteiger partial charge in [0.05, 0.1) is 0 Å². The van der Waals surface area contributed by atoms with Crippen molar-refractivity contribution in [2.24, 2.45) is 5.92 Å². The molecule has 0 fully saturated rings. The molecule has 108 valence electrons. The summed E-state index contributed by atoms with van der Waals surface area (Å²) >= 11 is 0. The van der Waals surface area contributed by atoms with E-state index in [9.17, 15) is 14.0 Å². The monoisotopic (exact) mass is 269 g/mol. The summed E-state index contributed by atoms with van der Waals surface area (Å²) in [7, 11) is 0. The average molecular weight is 269 g/mol. The number of rotatable bonds is 7. The maximum Gasteiger partial charge on any atom is 0.244 e. The Kier molecular flexibility index (Phi) is 7.96. The third-order valence-corrected chi connectivity index (χ3v) is 2.49. The quantitative estimate of drug-likeness (QED) is 0.721. The van der Waals surface area contributed by atoms with Crippen molar-refractivity contribution in [2.75, 3.05) is 0 Å². The summed E-state index contributed by atoms with van der Waals surface area (Å²) in [6, 6.07) is -0.128. The van der Waals surface area contributed by atoms with Crippen LogP contribution in [0.1, 0.15) is 47.5 Å². The Labute approximate surface area is 115 Å². The van der Waals surface area contributed by atoms with E-state index in [1.807, 2.05) is 20.8 Å². The molecule has 1 N–H and O–H groups in total. The van der Waals surface area contributed by atoms with Crippen LogP contribution in [0, 0.1) is 5.92 Å². The first-order valence-corrected chi connectivity index (χ1v) is 6.57. The maximum absolute atomic E-state index is 13.4. The van der Waals surface area contributed by atoms with Gasteiger partial charge in [0.25, 0.3) is 0 Å². The van der Waals surface area contributed by atoms with E-state index in [4.69, 9.17) is 0 Å². The summed E-state index contributed by atoms with van der Waals surface area (Å²) in [5, 5.41) is 2.75. The number of allylic oxidation sites excluding steroid dienone is 3. The Balaban J connectivity index is 4.16. The van der Waals surface area contributed by atoms with Gasteiger partial charge in [0, 0.05) is 30.5 Å². The molecule has 0 aromatic carbocycles. The zero-order valence-electron chi connectivity index (χ0n) is 12.4. The highest BCUT2D eigenvalue weighted by molar-refractivity contribution is 5.91. The fourth-order valence-corrected chi connectivity index (χ4v) is 1.37. The molecule has 0 bridgehead atoms. The summed E-state index contributed by atoms with van der Waals surface area (Å²) in [6.07, 6.45) is 3.19. The van der Waals surface area contributed by atoms with Crippen LogP contribution in [0.3, 0.4) is 0 Å². The molecular formula is C15H24FNO2. The highest BCUT2D eigenvalue weighted by atomic mass is 19.1. The van der Waals surface area contributed by atoms with Gasteiger partial charge in [-0.15, -0.1) is 0 Å². The van der Waals surface area contributed by atoms with Crippen molar-refractivity contribution >= 4 is 11.7 Å². The lowest BCUT2D eigenvalue weighted by Gasteiger charge is -2.11. The average Bonchev–Trinajstić information content (AvgIpc) is 2.24. The van der Waals surface area contributed by atoms with E-state index < -0.39 is 5.83 Å². The number of ketones is 1. The molecule has 0 radical (unpaired) electrons. The SMILES string of the molecule is CC(C)=CC(=O)NC(C)CC/C(F)=C/C(=O)C(C)C. The minimum atomic E-state index is -0.429. The summed E-state index contributed by atoms with van der Waals surface area (Å²) < 4.78 is 13.4. The van der Waals surface area contributed by atoms with Crippen LogP contribution in [-0.4, -0.2) is 17.7 Å². The van der Waals surface area contributed by atoms with Crippen molar-refractivity contribution in [1.29, 1.82) is 0 Å². The number of hydrogen-bond donors (Lipinski definition) is 1. The van der Waals surface area contributed by atoms with Gasteiger partial charge in [0.2, 0.25) is 5.91 Å². The van der Waals surface area contributed by atoms with Gasteiger partial charge in [-0.1, -0.05) is 19.4 Å². The number of hydrogen-bond acceptors (Lipinski definition) is 2. The molecule has 0 aliphatic rings. The summed E-state index contributed by atoms with van der Waals surface area (Å²) in [6.45, 7) is 8.95. The minimum absolute atomic E-state index is 0.128. The lowest BCUT2D eigenvalue weighted by atomic mass is 10.1. The highest BCUT2D eigenvalue weighted by Gasteiger charge is 2.09. The Morgan fingerprint density at radius 2 is 1.74 bits per heavy atom. The van der Waals surface area contributed by atoms with Gasteiger partial charge in [-0.25, -0.2) is 4.39 Å². The topological polar surface area (TPSA) is 46.2 Å². The van der Waals surface area contributed by atoms with E-state index in [-0.39, 0.29) is 30.1 Å². The molecule has 1 amide bonds. The van der Waals surface area contributed by atoms with Crippen LogP contribution in [0.4, 0.5) is 4.39 Å². The number of amides is 1. The molecule has 1 unspecified atom stereocenters. The van der Waals surface area contributed by atoms with Gasteiger partial charge in [0.15, 0.2) is 5.78 Å². The molecule has 0 heterocycles. The molecule has 0 saturated carbocycles. The first kappa shape index (κ1) is 17.6. The largest absolute Gasteiger partial charge is 0.350 e. The van der Waals surface area contributed by atoms with Crippen LogP contribution in [0.2, 0.25) is 0 Å². The Bertz CT molecular complexity index is 380. The zero-order valence-corrected chi connectivity index (χ0v) is 12.4. The summed E-state index contributed by atoms with van der Waals surface area (Å²) in [5.74, 6) is -1.00. The van der Waals surface area contributed by atoms with Crippen molar-refractivity contribution in [3.05, 3.63) is 23.6 Å². The number of carbonyl (C=O) groups excluding carboxylic acids is 2. The van der Waals surface area contributed by atoms with E-state index in [1.54, 1.807) is 13.8 Å². The van der Waals surface area contributed by atoms with Gasteiger partial charge in [0.1, 0.15) is 5.83 Å². The van der Waals surface area contributed by atoms with Gasteiger partial charge in [-0.05, 0) is 27.2 Å². The maximum atomic E-state index is 13.4. The van der Waals surface area contributed by atoms with Gasteiger partial charge < -0.3 is 5.32 Å². The fraction of sp³-hybridized carbons (Fsp3) is 0.600. The molecule has 0 spiro atoms. The number of halogens is 1. The van der Waals surface area contributed by atoms with Crippen LogP contribution in [-0.2, 0) is 9.59 Å². The van der Waals surface area contributed by atoms with E-state index in [2.05, 4.69) is 5.32 Å². The third-order valence-electron chi connectivity index (χ3n) is 2.49. The van der Waals surface area contributed by atoms with Crippen LogP contribution in [0.25, 0.3) is 0 Å². The Morgan fingerprint density at radius 1 is 1.16 bits per heavy atom. The van der Waals surface area contributed by atoms with Crippen molar-refractivity contribution in [2.45, 2.75) is 53.5 Å². The third kappa shape index (κ3) is 9.17. The fourth-order valence-electron chi connectivity index (χ4n) is 1.37. The normalized spacial score (nSPS) is 13.1. The standard InChI is InChI=1S/C15H24FNO2/c1-10(2)8-15(19)17-12(5)6-7-13(16)9-14(18)11(3)4/h8-9,11-12H,6-7H2,1-5H3,(H,17,19)/b13-9-. The van der Waals surface area contributed by atoms with Gasteiger partial charge in [-0.3, -0.25) is 9.59 Å². The van der Waals surface area contributed by atoms with E-state index in [0.29, 0.717) is 6.42 Å².